The molecule has 1 aliphatic rings. The van der Waals surface area contributed by atoms with E-state index in [0.717, 1.165) is 4.31 Å². The third-order valence-electron chi connectivity index (χ3n) is 3.70. The summed E-state index contributed by atoms with van der Waals surface area (Å²) in [5, 5.41) is 9.13. The quantitative estimate of drug-likeness (QED) is 0.829. The minimum atomic E-state index is -3.90. The Balaban J connectivity index is 2.40. The van der Waals surface area contributed by atoms with Gasteiger partial charge in [0, 0.05) is 6.54 Å². The number of esters is 1. The van der Waals surface area contributed by atoms with Gasteiger partial charge in [0.2, 0.25) is 10.0 Å². The van der Waals surface area contributed by atoms with E-state index in [1.807, 2.05) is 0 Å². The van der Waals surface area contributed by atoms with Gasteiger partial charge in [-0.25, -0.2) is 13.2 Å². The number of rotatable bonds is 4. The van der Waals surface area contributed by atoms with Crippen LogP contribution in [-0.2, 0) is 19.6 Å². The highest BCUT2D eigenvalue weighted by Gasteiger charge is 2.39. The van der Waals surface area contributed by atoms with Gasteiger partial charge in [0.05, 0.1) is 17.6 Å². The molecule has 1 atom stereocenters. The zero-order valence-electron chi connectivity index (χ0n) is 12.3. The normalized spacial score (nSPS) is 19.1. The Hall–Kier alpha value is -1.93. The maximum atomic E-state index is 12.6. The van der Waals surface area contributed by atoms with Crippen molar-refractivity contribution in [1.82, 2.24) is 4.31 Å². The molecule has 120 valence electrons. The Morgan fingerprint density at radius 2 is 2.05 bits per heavy atom. The van der Waals surface area contributed by atoms with Crippen LogP contribution >= 0.6 is 0 Å². The number of aryl methyl sites for hydroxylation is 1. The van der Waals surface area contributed by atoms with Gasteiger partial charge in [-0.2, -0.15) is 4.31 Å². The summed E-state index contributed by atoms with van der Waals surface area (Å²) >= 11 is 0. The number of sulfonamides is 1. The third kappa shape index (κ3) is 2.84. The van der Waals surface area contributed by atoms with E-state index >= 15 is 0 Å². The van der Waals surface area contributed by atoms with E-state index in [9.17, 15) is 18.0 Å². The average Bonchev–Trinajstić information content (AvgIpc) is 2.96. The topological polar surface area (TPSA) is 101 Å². The molecule has 0 amide bonds. The number of carboxylic acid groups (broad SMARTS) is 1. The van der Waals surface area contributed by atoms with Gasteiger partial charge in [-0.1, -0.05) is 0 Å². The molecule has 0 spiro atoms. The predicted molar refractivity (Wildman–Crippen MR) is 77.1 cm³/mol. The number of nitrogens with zero attached hydrogens (tertiary/aromatic N) is 1. The summed E-state index contributed by atoms with van der Waals surface area (Å²) in [6.45, 7) is 1.78. The number of carbonyl (C=O) groups excluding carboxylic acids is 1. The molecule has 2 rings (SSSR count). The fourth-order valence-corrected chi connectivity index (χ4v) is 4.28. The molecular formula is C14H17NO6S. The summed E-state index contributed by atoms with van der Waals surface area (Å²) < 4.78 is 30.8. The first-order valence-electron chi connectivity index (χ1n) is 6.72. The van der Waals surface area contributed by atoms with E-state index < -0.39 is 28.0 Å². The molecule has 0 aliphatic carbocycles. The van der Waals surface area contributed by atoms with Crippen LogP contribution in [-0.4, -0.2) is 49.5 Å². The van der Waals surface area contributed by atoms with Crippen LogP contribution in [0.2, 0.25) is 0 Å². The Morgan fingerprint density at radius 1 is 1.36 bits per heavy atom. The van der Waals surface area contributed by atoms with Gasteiger partial charge < -0.3 is 9.84 Å². The van der Waals surface area contributed by atoms with Crippen molar-refractivity contribution >= 4 is 22.0 Å². The lowest BCUT2D eigenvalue weighted by molar-refractivity contribution is -0.140. The van der Waals surface area contributed by atoms with E-state index in [-0.39, 0.29) is 17.0 Å². The third-order valence-corrected chi connectivity index (χ3v) is 5.60. The molecule has 1 aromatic rings. The molecule has 8 heteroatoms. The number of methoxy groups -OCH3 is 1. The molecule has 1 fully saturated rings. The van der Waals surface area contributed by atoms with Crippen LogP contribution in [0.4, 0.5) is 0 Å². The standard InChI is InChI=1S/C14H17NO6S/c1-9-8-10(5-6-11(9)14(18)21-2)22(19,20)15-7-3-4-12(15)13(16)17/h5-6,8,12H,3-4,7H2,1-2H3,(H,16,17)/t12-/m1/s1. The lowest BCUT2D eigenvalue weighted by Gasteiger charge is -2.21. The summed E-state index contributed by atoms with van der Waals surface area (Å²) in [6, 6.07) is 3.00. The zero-order chi connectivity index (χ0) is 16.5. The molecule has 1 aliphatic heterocycles. The largest absolute Gasteiger partial charge is 0.480 e. The zero-order valence-corrected chi connectivity index (χ0v) is 13.1. The number of aliphatic carboxylic acids is 1. The van der Waals surface area contributed by atoms with Crippen LogP contribution in [0.15, 0.2) is 23.1 Å². The van der Waals surface area contributed by atoms with Crippen LogP contribution < -0.4 is 0 Å². The van der Waals surface area contributed by atoms with Gasteiger partial charge in [-0.05, 0) is 43.5 Å². The number of hydrogen-bond donors (Lipinski definition) is 1. The highest BCUT2D eigenvalue weighted by molar-refractivity contribution is 7.89. The fraction of sp³-hybridized carbons (Fsp3) is 0.429. The van der Waals surface area contributed by atoms with Crippen molar-refractivity contribution in [1.29, 1.82) is 0 Å². The van der Waals surface area contributed by atoms with E-state index in [4.69, 9.17) is 5.11 Å². The summed E-state index contributed by atoms with van der Waals surface area (Å²) in [6.07, 6.45) is 0.809. The van der Waals surface area contributed by atoms with Gasteiger partial charge in [0.1, 0.15) is 6.04 Å². The van der Waals surface area contributed by atoms with Crippen LogP contribution in [0.5, 0.6) is 0 Å². The van der Waals surface area contributed by atoms with E-state index in [2.05, 4.69) is 4.74 Å². The second-order valence-electron chi connectivity index (χ2n) is 5.08. The smallest absolute Gasteiger partial charge is 0.338 e. The minimum Gasteiger partial charge on any atom is -0.480 e. The summed E-state index contributed by atoms with van der Waals surface area (Å²) in [4.78, 5) is 22.7. The maximum absolute atomic E-state index is 12.6. The van der Waals surface area contributed by atoms with Gasteiger partial charge in [0.25, 0.3) is 0 Å². The first-order chi connectivity index (χ1) is 10.3. The lowest BCUT2D eigenvalue weighted by atomic mass is 10.1. The molecule has 0 aromatic heterocycles. The van der Waals surface area contributed by atoms with Crippen molar-refractivity contribution in [3.05, 3.63) is 29.3 Å². The van der Waals surface area contributed by atoms with E-state index in [0.29, 0.717) is 18.4 Å². The lowest BCUT2D eigenvalue weighted by Crippen LogP contribution is -2.40. The van der Waals surface area contributed by atoms with Crippen molar-refractivity contribution in [3.8, 4) is 0 Å². The minimum absolute atomic E-state index is 0.0224. The average molecular weight is 327 g/mol. The SMILES string of the molecule is COC(=O)c1ccc(S(=O)(=O)N2CCC[C@@H]2C(=O)O)cc1C. The molecule has 1 saturated heterocycles. The molecule has 1 heterocycles. The van der Waals surface area contributed by atoms with Crippen molar-refractivity contribution in [3.63, 3.8) is 0 Å². The molecule has 1 N–H and O–H groups in total. The number of hydrogen-bond acceptors (Lipinski definition) is 5. The van der Waals surface area contributed by atoms with Crippen molar-refractivity contribution in [2.45, 2.75) is 30.7 Å². The van der Waals surface area contributed by atoms with Gasteiger partial charge in [-0.15, -0.1) is 0 Å². The second kappa shape index (κ2) is 6.05. The van der Waals surface area contributed by atoms with E-state index in [1.54, 1.807) is 6.92 Å². The van der Waals surface area contributed by atoms with Crippen molar-refractivity contribution < 1.29 is 27.9 Å². The molecule has 22 heavy (non-hydrogen) atoms. The molecule has 7 nitrogen and oxygen atoms in total. The summed E-state index contributed by atoms with van der Waals surface area (Å²) in [7, 11) is -2.66. The van der Waals surface area contributed by atoms with Gasteiger partial charge in [0.15, 0.2) is 0 Å². The first kappa shape index (κ1) is 16.4. The Bertz CT molecular complexity index is 712. The maximum Gasteiger partial charge on any atom is 0.338 e. The van der Waals surface area contributed by atoms with Crippen molar-refractivity contribution in [2.24, 2.45) is 0 Å². The fourth-order valence-electron chi connectivity index (χ4n) is 2.55. The van der Waals surface area contributed by atoms with Gasteiger partial charge in [-0.3, -0.25) is 4.79 Å². The van der Waals surface area contributed by atoms with Crippen LogP contribution in [0.3, 0.4) is 0 Å². The molecule has 1 aromatic carbocycles. The molecule has 0 unspecified atom stereocenters. The molecule has 0 saturated carbocycles. The molecular weight excluding hydrogens is 310 g/mol. The number of benzene rings is 1. The Morgan fingerprint density at radius 3 is 2.59 bits per heavy atom. The molecule has 0 radical (unpaired) electrons. The summed E-state index contributed by atoms with van der Waals surface area (Å²) in [5.74, 6) is -1.70. The highest BCUT2D eigenvalue weighted by atomic mass is 32.2. The Kier molecular flexibility index (Phi) is 4.52. The first-order valence-corrected chi connectivity index (χ1v) is 8.16. The predicted octanol–water partition coefficient (Wildman–Crippen LogP) is 1.02. The highest BCUT2D eigenvalue weighted by Crippen LogP contribution is 2.27. The number of carbonyl (C=O) groups is 2. The van der Waals surface area contributed by atoms with E-state index in [1.165, 1.54) is 25.3 Å². The van der Waals surface area contributed by atoms with Crippen LogP contribution in [0.1, 0.15) is 28.8 Å². The van der Waals surface area contributed by atoms with Gasteiger partial charge >= 0.3 is 11.9 Å². The number of ether oxygens (including phenoxy) is 1. The van der Waals surface area contributed by atoms with Crippen molar-refractivity contribution in [2.75, 3.05) is 13.7 Å². The van der Waals surface area contributed by atoms with Crippen LogP contribution in [0, 0.1) is 6.92 Å². The second-order valence-corrected chi connectivity index (χ2v) is 6.97. The Labute approximate surface area is 128 Å². The summed E-state index contributed by atoms with van der Waals surface area (Å²) in [5.41, 5.74) is 0.733. The molecule has 0 bridgehead atoms. The number of carboxylic acids is 1. The van der Waals surface area contributed by atoms with Crippen LogP contribution in [0.25, 0.3) is 0 Å². The monoisotopic (exact) mass is 327 g/mol.